The lowest BCUT2D eigenvalue weighted by atomic mass is 10.3. The van der Waals surface area contributed by atoms with Crippen LogP contribution in [0.4, 0.5) is 0 Å². The van der Waals surface area contributed by atoms with Crippen LogP contribution in [0.3, 0.4) is 0 Å². The van der Waals surface area contributed by atoms with Crippen molar-refractivity contribution in [3.05, 3.63) is 35.3 Å². The highest BCUT2D eigenvalue weighted by Crippen LogP contribution is 2.25. The maximum Gasteiger partial charge on any atom is 0.0555 e. The lowest BCUT2D eigenvalue weighted by molar-refractivity contribution is 0.821. The smallest absolute Gasteiger partial charge is 0.0555 e. The van der Waals surface area contributed by atoms with Crippen LogP contribution < -0.4 is 5.32 Å². The van der Waals surface area contributed by atoms with Gasteiger partial charge in [0.1, 0.15) is 0 Å². The van der Waals surface area contributed by atoms with Crippen molar-refractivity contribution in [1.29, 1.82) is 0 Å². The molecular weight excluding hydrogens is 180 g/mol. The van der Waals surface area contributed by atoms with Gasteiger partial charge in [0.2, 0.25) is 0 Å². The Kier molecular flexibility index (Phi) is 2.47. The van der Waals surface area contributed by atoms with Gasteiger partial charge in [0.05, 0.1) is 10.6 Å². The van der Waals surface area contributed by atoms with Crippen molar-refractivity contribution in [3.8, 4) is 10.6 Å². The zero-order valence-electron chi connectivity index (χ0n) is 7.50. The molecule has 0 saturated carbocycles. The first-order chi connectivity index (χ1) is 6.40. The van der Waals surface area contributed by atoms with E-state index in [0.717, 1.165) is 6.54 Å². The number of hydrogen-bond acceptors (Lipinski definition) is 2. The van der Waals surface area contributed by atoms with Crippen LogP contribution >= 0.6 is 11.3 Å². The summed E-state index contributed by atoms with van der Waals surface area (Å²) in [6.45, 7) is 0.942. The second-order valence-corrected chi connectivity index (χ2v) is 3.84. The molecule has 2 heterocycles. The predicted octanol–water partition coefficient (Wildman–Crippen LogP) is 2.46. The van der Waals surface area contributed by atoms with E-state index in [2.05, 4.69) is 27.8 Å². The second kappa shape index (κ2) is 3.77. The largest absolute Gasteiger partial charge is 0.361 e. The van der Waals surface area contributed by atoms with Crippen molar-refractivity contribution < 1.29 is 0 Å². The van der Waals surface area contributed by atoms with Crippen LogP contribution in [-0.2, 0) is 6.54 Å². The molecule has 0 aliphatic rings. The molecule has 0 radical (unpaired) electrons. The Labute approximate surface area is 81.6 Å². The van der Waals surface area contributed by atoms with Gasteiger partial charge in [-0.2, -0.15) is 0 Å². The van der Waals surface area contributed by atoms with Crippen LogP contribution in [0, 0.1) is 0 Å². The van der Waals surface area contributed by atoms with Gasteiger partial charge in [-0.15, -0.1) is 11.3 Å². The van der Waals surface area contributed by atoms with Gasteiger partial charge in [-0.25, -0.2) is 0 Å². The third kappa shape index (κ3) is 1.82. The van der Waals surface area contributed by atoms with Gasteiger partial charge in [-0.1, -0.05) is 0 Å². The van der Waals surface area contributed by atoms with Gasteiger partial charge >= 0.3 is 0 Å². The van der Waals surface area contributed by atoms with Crippen LogP contribution in [0.5, 0.6) is 0 Å². The molecule has 0 saturated heterocycles. The van der Waals surface area contributed by atoms with E-state index < -0.39 is 0 Å². The third-order valence-electron chi connectivity index (χ3n) is 1.90. The van der Waals surface area contributed by atoms with Gasteiger partial charge in [-0.3, -0.25) is 0 Å². The Morgan fingerprint density at radius 1 is 1.54 bits per heavy atom. The maximum atomic E-state index is 3.20. The van der Waals surface area contributed by atoms with Gasteiger partial charge < -0.3 is 10.3 Å². The fourth-order valence-corrected chi connectivity index (χ4v) is 2.20. The summed E-state index contributed by atoms with van der Waals surface area (Å²) < 4.78 is 0. The SMILES string of the molecule is CNCc1csc(-c2ccc[nH]2)c1. The van der Waals surface area contributed by atoms with Crippen molar-refractivity contribution in [3.63, 3.8) is 0 Å². The zero-order chi connectivity index (χ0) is 9.10. The van der Waals surface area contributed by atoms with Gasteiger partial charge in [-0.05, 0) is 36.2 Å². The molecule has 2 nitrogen and oxygen atoms in total. The molecule has 0 aliphatic carbocycles. The summed E-state index contributed by atoms with van der Waals surface area (Å²) in [4.78, 5) is 4.50. The Bertz CT molecular complexity index is 362. The minimum Gasteiger partial charge on any atom is -0.361 e. The van der Waals surface area contributed by atoms with Crippen molar-refractivity contribution in [2.24, 2.45) is 0 Å². The van der Waals surface area contributed by atoms with Crippen LogP contribution in [0.2, 0.25) is 0 Å². The van der Waals surface area contributed by atoms with Crippen LogP contribution in [-0.4, -0.2) is 12.0 Å². The summed E-state index contributed by atoms with van der Waals surface area (Å²) in [5, 5.41) is 5.33. The highest BCUT2D eigenvalue weighted by Gasteiger charge is 2.01. The first-order valence-electron chi connectivity index (χ1n) is 4.26. The minimum absolute atomic E-state index is 0.942. The normalized spacial score (nSPS) is 10.5. The van der Waals surface area contributed by atoms with Crippen molar-refractivity contribution in [1.82, 2.24) is 10.3 Å². The molecule has 0 fully saturated rings. The molecule has 0 amide bonds. The van der Waals surface area contributed by atoms with E-state index in [1.165, 1.54) is 16.1 Å². The number of hydrogen-bond donors (Lipinski definition) is 2. The van der Waals surface area contributed by atoms with E-state index in [1.54, 1.807) is 11.3 Å². The van der Waals surface area contributed by atoms with E-state index in [1.807, 2.05) is 19.3 Å². The van der Waals surface area contributed by atoms with Crippen molar-refractivity contribution in [2.75, 3.05) is 7.05 Å². The van der Waals surface area contributed by atoms with Gasteiger partial charge in [0.15, 0.2) is 0 Å². The van der Waals surface area contributed by atoms with Crippen LogP contribution in [0.15, 0.2) is 29.8 Å². The highest BCUT2D eigenvalue weighted by molar-refractivity contribution is 7.13. The standard InChI is InChI=1S/C10H12N2S/c1-11-6-8-5-10(13-7-8)9-3-2-4-12-9/h2-5,7,11-12H,6H2,1H3. The Morgan fingerprint density at radius 3 is 3.15 bits per heavy atom. The third-order valence-corrected chi connectivity index (χ3v) is 2.91. The van der Waals surface area contributed by atoms with Crippen molar-refractivity contribution in [2.45, 2.75) is 6.54 Å². The topological polar surface area (TPSA) is 27.8 Å². The molecule has 2 N–H and O–H groups in total. The molecule has 13 heavy (non-hydrogen) atoms. The second-order valence-electron chi connectivity index (χ2n) is 2.93. The summed E-state index contributed by atoms with van der Waals surface area (Å²) >= 11 is 1.78. The van der Waals surface area contributed by atoms with Crippen LogP contribution in [0.25, 0.3) is 10.6 Å². The predicted molar refractivity (Wildman–Crippen MR) is 56.9 cm³/mol. The molecular formula is C10H12N2S. The molecule has 2 aromatic heterocycles. The maximum absolute atomic E-state index is 3.20. The fourth-order valence-electron chi connectivity index (χ4n) is 1.30. The Morgan fingerprint density at radius 2 is 2.46 bits per heavy atom. The molecule has 2 aromatic rings. The number of aromatic nitrogens is 1. The Balaban J connectivity index is 2.23. The molecule has 0 aliphatic heterocycles. The summed E-state index contributed by atoms with van der Waals surface area (Å²) in [7, 11) is 1.96. The zero-order valence-corrected chi connectivity index (χ0v) is 8.32. The summed E-state index contributed by atoms with van der Waals surface area (Å²) in [5.41, 5.74) is 2.55. The number of rotatable bonds is 3. The summed E-state index contributed by atoms with van der Waals surface area (Å²) in [6, 6.07) is 6.33. The van der Waals surface area contributed by atoms with E-state index in [0.29, 0.717) is 0 Å². The number of H-pyrrole nitrogens is 1. The fraction of sp³-hybridized carbons (Fsp3) is 0.200. The first kappa shape index (κ1) is 8.53. The lowest BCUT2D eigenvalue weighted by Crippen LogP contribution is -2.03. The highest BCUT2D eigenvalue weighted by atomic mass is 32.1. The number of nitrogens with one attached hydrogen (secondary N) is 2. The molecule has 0 aromatic carbocycles. The quantitative estimate of drug-likeness (QED) is 0.768. The van der Waals surface area contributed by atoms with E-state index in [4.69, 9.17) is 0 Å². The Hall–Kier alpha value is -1.06. The molecule has 0 spiro atoms. The van der Waals surface area contributed by atoms with Crippen molar-refractivity contribution >= 4 is 11.3 Å². The molecule has 0 atom stereocenters. The number of thiophene rings is 1. The number of aromatic amines is 1. The average Bonchev–Trinajstić information content (AvgIpc) is 2.70. The van der Waals surface area contributed by atoms with E-state index in [-0.39, 0.29) is 0 Å². The minimum atomic E-state index is 0.942. The molecule has 3 heteroatoms. The monoisotopic (exact) mass is 192 g/mol. The van der Waals surface area contributed by atoms with Crippen LogP contribution in [0.1, 0.15) is 5.56 Å². The summed E-state index contributed by atoms with van der Waals surface area (Å²) in [5.74, 6) is 0. The first-order valence-corrected chi connectivity index (χ1v) is 5.14. The van der Waals surface area contributed by atoms with Gasteiger partial charge in [0, 0.05) is 12.7 Å². The molecule has 2 rings (SSSR count). The van der Waals surface area contributed by atoms with Gasteiger partial charge in [0.25, 0.3) is 0 Å². The molecule has 0 unspecified atom stereocenters. The molecule has 68 valence electrons. The summed E-state index contributed by atoms with van der Waals surface area (Å²) in [6.07, 6.45) is 1.95. The van der Waals surface area contributed by atoms with E-state index >= 15 is 0 Å². The lowest BCUT2D eigenvalue weighted by Gasteiger charge is -1.92. The molecule has 0 bridgehead atoms. The average molecular weight is 192 g/mol. The van der Waals surface area contributed by atoms with E-state index in [9.17, 15) is 0 Å².